The predicted octanol–water partition coefficient (Wildman–Crippen LogP) is 0.850. The molecule has 0 aliphatic heterocycles. The molecule has 1 aromatic carbocycles. The van der Waals surface area contributed by atoms with Crippen LogP contribution in [0.4, 0.5) is 5.69 Å². The maximum absolute atomic E-state index is 14.0. The number of phenolic OH excluding ortho intramolecular Hbond substituents is 1. The molecule has 11 heteroatoms. The quantitative estimate of drug-likeness (QED) is 0.218. The summed E-state index contributed by atoms with van der Waals surface area (Å²) in [5.74, 6) is -8.88. The van der Waals surface area contributed by atoms with E-state index in [0.717, 1.165) is 25.7 Å². The molecule has 11 nitrogen and oxygen atoms in total. The largest absolute Gasteiger partial charge is 0.508 e. The van der Waals surface area contributed by atoms with E-state index in [1.807, 2.05) is 0 Å². The summed E-state index contributed by atoms with van der Waals surface area (Å²) in [7, 11) is 2.95. The molecule has 6 unspecified atom stereocenters. The highest BCUT2D eigenvalue weighted by atomic mass is 16.4. The lowest BCUT2D eigenvalue weighted by molar-refractivity contribution is -0.169. The van der Waals surface area contributed by atoms with Crippen molar-refractivity contribution in [1.82, 2.24) is 4.90 Å². The van der Waals surface area contributed by atoms with Gasteiger partial charge in [0.15, 0.2) is 11.4 Å². The first-order valence-electron chi connectivity index (χ1n) is 12.8. The molecule has 1 aromatic rings. The molecule has 8 N–H and O–H groups in total. The summed E-state index contributed by atoms with van der Waals surface area (Å²) in [6.45, 7) is 1.71. The van der Waals surface area contributed by atoms with E-state index in [9.17, 15) is 39.9 Å². The van der Waals surface area contributed by atoms with Gasteiger partial charge in [-0.3, -0.25) is 19.3 Å². The van der Waals surface area contributed by atoms with Crippen LogP contribution in [0.3, 0.4) is 0 Å². The number of hydrogen-bond donors (Lipinski definition) is 7. The van der Waals surface area contributed by atoms with Crippen LogP contribution in [0.5, 0.6) is 5.75 Å². The van der Waals surface area contributed by atoms with E-state index in [4.69, 9.17) is 5.73 Å². The second-order valence-electron chi connectivity index (χ2n) is 11.1. The number of Topliss-reactive ketones (excluding diaryl/α,β-unsaturated/α-hetero) is 2. The first-order chi connectivity index (χ1) is 17.8. The molecule has 0 radical (unpaired) electrons. The van der Waals surface area contributed by atoms with E-state index in [-0.39, 0.29) is 17.4 Å². The minimum absolute atomic E-state index is 0.0102. The first kappa shape index (κ1) is 26.2. The summed E-state index contributed by atoms with van der Waals surface area (Å²) in [5, 5.41) is 60.2. The van der Waals surface area contributed by atoms with Crippen LogP contribution in [0.2, 0.25) is 0 Å². The molecular weight excluding hydrogens is 494 g/mol. The number of primary amides is 1. The summed E-state index contributed by atoms with van der Waals surface area (Å²) >= 11 is 0. The number of rotatable bonds is 4. The smallest absolute Gasteiger partial charge is 0.255 e. The van der Waals surface area contributed by atoms with Crippen LogP contribution in [-0.4, -0.2) is 85.8 Å². The van der Waals surface area contributed by atoms with E-state index in [2.05, 4.69) is 5.32 Å². The van der Waals surface area contributed by atoms with Crippen molar-refractivity contribution in [3.05, 3.63) is 40.2 Å². The molecule has 5 rings (SSSR count). The van der Waals surface area contributed by atoms with Crippen molar-refractivity contribution >= 4 is 28.9 Å². The number of ketones is 2. The summed E-state index contributed by atoms with van der Waals surface area (Å²) in [5.41, 5.74) is 1.93. The molecule has 1 amide bonds. The Morgan fingerprint density at radius 1 is 1.13 bits per heavy atom. The lowest BCUT2D eigenvalue weighted by atomic mass is 9.54. The van der Waals surface area contributed by atoms with Crippen LogP contribution in [0, 0.1) is 11.8 Å². The first-order valence-corrected chi connectivity index (χ1v) is 12.8. The van der Waals surface area contributed by atoms with Gasteiger partial charge in [0.25, 0.3) is 5.91 Å². The standard InChI is InChI=1S/C27H33N3O8/c1-10-12-8-9-13(29-11-6-4-5-7-11)20(31)15(12)21(32)16-14(10)22(33)18-19(30(2)3)23(34)17(26(28)37)25(36)27(18,38)24(16)35/h8-11,14,18-19,22,29,31-33,36,38H,4-7H2,1-3H3,(H2,28,37). The van der Waals surface area contributed by atoms with Crippen LogP contribution in [-0.2, 0) is 14.4 Å². The van der Waals surface area contributed by atoms with Crippen molar-refractivity contribution in [1.29, 1.82) is 0 Å². The Kier molecular flexibility index (Phi) is 6.08. The number of phenols is 1. The highest BCUT2D eigenvalue weighted by Gasteiger charge is 2.68. The zero-order chi connectivity index (χ0) is 27.8. The number of likely N-dealkylation sites (N-methyl/N-ethyl adjacent to an activating group) is 1. The van der Waals surface area contributed by atoms with E-state index in [1.54, 1.807) is 19.1 Å². The maximum Gasteiger partial charge on any atom is 0.255 e. The number of fused-ring (bicyclic) bond motifs is 3. The number of carbonyl (C=O) groups is 3. The molecule has 204 valence electrons. The Morgan fingerprint density at radius 3 is 2.34 bits per heavy atom. The van der Waals surface area contributed by atoms with Gasteiger partial charge in [-0.1, -0.05) is 25.8 Å². The van der Waals surface area contributed by atoms with Crippen molar-refractivity contribution in [2.75, 3.05) is 19.4 Å². The number of aliphatic hydroxyl groups excluding tert-OH is 3. The molecule has 0 bridgehead atoms. The van der Waals surface area contributed by atoms with Crippen LogP contribution >= 0.6 is 0 Å². The zero-order valence-corrected chi connectivity index (χ0v) is 21.4. The molecule has 0 saturated heterocycles. The Bertz CT molecular complexity index is 1310. The fourth-order valence-electron chi connectivity index (χ4n) is 7.02. The van der Waals surface area contributed by atoms with Gasteiger partial charge < -0.3 is 36.6 Å². The topological polar surface area (TPSA) is 194 Å². The monoisotopic (exact) mass is 527 g/mol. The average Bonchev–Trinajstić information content (AvgIpc) is 3.35. The second-order valence-corrected chi connectivity index (χ2v) is 11.1. The fourth-order valence-corrected chi connectivity index (χ4v) is 7.02. The highest BCUT2D eigenvalue weighted by molar-refractivity contribution is 6.24. The van der Waals surface area contributed by atoms with Gasteiger partial charge in [0.2, 0.25) is 5.78 Å². The maximum atomic E-state index is 14.0. The van der Waals surface area contributed by atoms with Crippen molar-refractivity contribution in [3.8, 4) is 5.75 Å². The molecule has 2 saturated carbocycles. The van der Waals surface area contributed by atoms with Crippen molar-refractivity contribution in [2.24, 2.45) is 17.6 Å². The molecule has 0 spiro atoms. The van der Waals surface area contributed by atoms with Gasteiger partial charge >= 0.3 is 0 Å². The highest BCUT2D eigenvalue weighted by Crippen LogP contribution is 2.56. The van der Waals surface area contributed by atoms with Gasteiger partial charge in [-0.05, 0) is 44.5 Å². The Morgan fingerprint density at radius 2 is 1.76 bits per heavy atom. The third-order valence-electron chi connectivity index (χ3n) is 8.84. The van der Waals surface area contributed by atoms with Gasteiger partial charge in [-0.15, -0.1) is 0 Å². The minimum Gasteiger partial charge on any atom is -0.508 e. The fraction of sp³-hybridized carbons (Fsp3) is 0.519. The number of aliphatic hydroxyl groups is 4. The van der Waals surface area contributed by atoms with Gasteiger partial charge in [-0.2, -0.15) is 0 Å². The van der Waals surface area contributed by atoms with Crippen molar-refractivity contribution < 1.29 is 39.9 Å². The van der Waals surface area contributed by atoms with Gasteiger partial charge in [0.05, 0.1) is 29.3 Å². The zero-order valence-electron chi connectivity index (χ0n) is 21.4. The number of hydrogen-bond acceptors (Lipinski definition) is 10. The summed E-state index contributed by atoms with van der Waals surface area (Å²) < 4.78 is 0. The Balaban J connectivity index is 1.72. The SMILES string of the molecule is CC1c2ccc(NC3CCCC3)c(O)c2C(O)=C2C(=O)C3(O)C(O)=C(C(N)=O)C(=O)C(N(C)C)C3C(O)C21. The minimum atomic E-state index is -2.92. The van der Waals surface area contributed by atoms with Gasteiger partial charge in [-0.25, -0.2) is 0 Å². The van der Waals surface area contributed by atoms with Crippen LogP contribution in [0.25, 0.3) is 5.76 Å². The predicted molar refractivity (Wildman–Crippen MR) is 136 cm³/mol. The molecule has 0 heterocycles. The van der Waals surface area contributed by atoms with Crippen LogP contribution in [0.15, 0.2) is 29.0 Å². The number of nitrogens with one attached hydrogen (secondary N) is 1. The Labute approximate surface area is 219 Å². The average molecular weight is 528 g/mol. The number of nitrogens with zero attached hydrogens (tertiary/aromatic N) is 1. The molecule has 4 aliphatic rings. The lowest BCUT2D eigenvalue weighted by Gasteiger charge is -2.53. The van der Waals surface area contributed by atoms with Crippen LogP contribution < -0.4 is 11.1 Å². The molecule has 4 aliphatic carbocycles. The van der Waals surface area contributed by atoms with Crippen LogP contribution in [0.1, 0.15) is 49.7 Å². The van der Waals surface area contributed by atoms with E-state index in [0.29, 0.717) is 11.3 Å². The Hall–Kier alpha value is -3.41. The molecular formula is C27H33N3O8. The number of anilines is 1. The van der Waals surface area contributed by atoms with Gasteiger partial charge in [0.1, 0.15) is 22.8 Å². The van der Waals surface area contributed by atoms with E-state index in [1.165, 1.54) is 19.0 Å². The van der Waals surface area contributed by atoms with Crippen molar-refractivity contribution in [2.45, 2.75) is 62.3 Å². The number of nitrogens with two attached hydrogens (primary N) is 1. The molecule has 0 aromatic heterocycles. The number of benzene rings is 1. The van der Waals surface area contributed by atoms with Crippen molar-refractivity contribution in [3.63, 3.8) is 0 Å². The van der Waals surface area contributed by atoms with E-state index < -0.39 is 75.6 Å². The molecule has 2 fully saturated rings. The third kappa shape index (κ3) is 3.35. The van der Waals surface area contributed by atoms with E-state index >= 15 is 0 Å². The summed E-state index contributed by atoms with van der Waals surface area (Å²) in [6.07, 6.45) is 2.38. The lowest BCUT2D eigenvalue weighted by Crippen LogP contribution is -2.70. The number of amides is 1. The summed E-state index contributed by atoms with van der Waals surface area (Å²) in [4.78, 5) is 40.7. The number of aromatic hydroxyl groups is 1. The normalized spacial score (nSPS) is 33.4. The molecule has 38 heavy (non-hydrogen) atoms. The molecule has 6 atom stereocenters. The third-order valence-corrected chi connectivity index (χ3v) is 8.84. The van der Waals surface area contributed by atoms with Gasteiger partial charge in [0, 0.05) is 17.5 Å². The second kappa shape index (κ2) is 8.82. The number of carbonyl (C=O) groups excluding carboxylic acids is 3. The summed E-state index contributed by atoms with van der Waals surface area (Å²) in [6, 6.07) is 2.18.